The zero-order valence-corrected chi connectivity index (χ0v) is 18.7. The third kappa shape index (κ3) is 5.57. The lowest BCUT2D eigenvalue weighted by Crippen LogP contribution is -2.15. The van der Waals surface area contributed by atoms with Gasteiger partial charge >= 0.3 is 0 Å². The number of carbonyl (C=O) groups is 1. The van der Waals surface area contributed by atoms with Gasteiger partial charge in [0.2, 0.25) is 5.91 Å². The Morgan fingerprint density at radius 1 is 1.17 bits per heavy atom. The van der Waals surface area contributed by atoms with Gasteiger partial charge in [0.05, 0.1) is 10.8 Å². The summed E-state index contributed by atoms with van der Waals surface area (Å²) in [6.07, 6.45) is 0. The van der Waals surface area contributed by atoms with Crippen molar-refractivity contribution in [2.45, 2.75) is 18.7 Å². The van der Waals surface area contributed by atoms with Crippen LogP contribution in [0.15, 0.2) is 41.6 Å². The molecule has 0 bridgehead atoms. The Balaban J connectivity index is 1.57. The molecule has 3 aromatic rings. The van der Waals surface area contributed by atoms with Crippen molar-refractivity contribution < 1.29 is 9.53 Å². The highest BCUT2D eigenvalue weighted by Crippen LogP contribution is 2.28. The molecule has 0 spiro atoms. The molecule has 0 fully saturated rings. The summed E-state index contributed by atoms with van der Waals surface area (Å²) in [7, 11) is 1.81. The normalized spacial score (nSPS) is 10.8. The molecule has 3 rings (SSSR count). The van der Waals surface area contributed by atoms with E-state index < -0.39 is 0 Å². The van der Waals surface area contributed by atoms with E-state index in [9.17, 15) is 4.79 Å². The molecule has 1 N–H and O–H groups in total. The smallest absolute Gasteiger partial charge is 0.234 e. The maximum Gasteiger partial charge on any atom is 0.234 e. The molecule has 1 amide bonds. The minimum absolute atomic E-state index is 0.160. The number of thioether (sulfide) groups is 1. The van der Waals surface area contributed by atoms with E-state index in [0.717, 1.165) is 5.56 Å². The van der Waals surface area contributed by atoms with Crippen molar-refractivity contribution >= 4 is 58.2 Å². The molecule has 0 unspecified atom stereocenters. The van der Waals surface area contributed by atoms with E-state index >= 15 is 0 Å². The molecule has 0 saturated heterocycles. The average Bonchev–Trinajstić information content (AvgIpc) is 3.04. The van der Waals surface area contributed by atoms with Crippen LogP contribution in [0.5, 0.6) is 5.75 Å². The van der Waals surface area contributed by atoms with Gasteiger partial charge in [-0.05, 0) is 36.8 Å². The van der Waals surface area contributed by atoms with Gasteiger partial charge in [0, 0.05) is 28.8 Å². The molecule has 152 valence electrons. The lowest BCUT2D eigenvalue weighted by atomic mass is 10.2. The highest BCUT2D eigenvalue weighted by atomic mass is 35.5. The number of hydrogen-bond donors (Lipinski definition) is 1. The number of benzene rings is 2. The van der Waals surface area contributed by atoms with Crippen molar-refractivity contribution in [1.82, 2.24) is 14.8 Å². The van der Waals surface area contributed by atoms with Crippen LogP contribution in [0, 0.1) is 6.92 Å². The Bertz CT molecular complexity index is 1040. The van der Waals surface area contributed by atoms with Crippen LogP contribution >= 0.6 is 46.6 Å². The van der Waals surface area contributed by atoms with E-state index in [1.807, 2.05) is 13.0 Å². The van der Waals surface area contributed by atoms with E-state index in [1.165, 1.54) is 11.8 Å². The average molecular weight is 472 g/mol. The molecule has 0 atom stereocenters. The number of anilines is 1. The molecule has 0 radical (unpaired) electrons. The highest BCUT2D eigenvalue weighted by molar-refractivity contribution is 7.99. The lowest BCUT2D eigenvalue weighted by Gasteiger charge is -2.10. The van der Waals surface area contributed by atoms with E-state index in [-0.39, 0.29) is 18.3 Å². The highest BCUT2D eigenvalue weighted by Gasteiger charge is 2.14. The fourth-order valence-electron chi connectivity index (χ4n) is 2.39. The minimum Gasteiger partial charge on any atom is -0.484 e. The van der Waals surface area contributed by atoms with Crippen LogP contribution in [0.25, 0.3) is 0 Å². The van der Waals surface area contributed by atoms with Gasteiger partial charge < -0.3 is 14.6 Å². The Morgan fingerprint density at radius 2 is 1.97 bits per heavy atom. The molecule has 29 heavy (non-hydrogen) atoms. The van der Waals surface area contributed by atoms with Gasteiger partial charge in [-0.25, -0.2) is 0 Å². The van der Waals surface area contributed by atoms with Gasteiger partial charge in [-0.15, -0.1) is 10.2 Å². The molecule has 0 saturated carbocycles. The summed E-state index contributed by atoms with van der Waals surface area (Å²) in [5.41, 5.74) is 1.51. The predicted molar refractivity (Wildman–Crippen MR) is 117 cm³/mol. The second kappa shape index (κ2) is 9.71. The SMILES string of the molecule is Cc1c(Cl)cccc1NC(=O)CSc1nnc(COc2cc(Cl)ccc2Cl)n1C. The van der Waals surface area contributed by atoms with E-state index in [4.69, 9.17) is 39.5 Å². The quantitative estimate of drug-likeness (QED) is 0.468. The number of nitrogens with zero attached hydrogens (tertiary/aromatic N) is 3. The summed E-state index contributed by atoms with van der Waals surface area (Å²) in [5, 5.41) is 13.3. The standard InChI is InChI=1S/C19H17Cl3N4O2S/c1-11-13(21)4-3-5-15(11)23-18(27)10-29-19-25-24-17(26(19)2)9-28-16-8-12(20)6-7-14(16)22/h3-8H,9-10H2,1-2H3,(H,23,27). The number of aromatic nitrogens is 3. The second-order valence-electron chi connectivity index (χ2n) is 6.07. The van der Waals surface area contributed by atoms with Crippen molar-refractivity contribution in [3.8, 4) is 5.75 Å². The van der Waals surface area contributed by atoms with Gasteiger partial charge in [-0.2, -0.15) is 0 Å². The van der Waals surface area contributed by atoms with Gasteiger partial charge in [-0.3, -0.25) is 4.79 Å². The van der Waals surface area contributed by atoms with Crippen molar-refractivity contribution in [1.29, 1.82) is 0 Å². The first-order valence-corrected chi connectivity index (χ1v) is 10.6. The van der Waals surface area contributed by atoms with E-state index in [0.29, 0.717) is 37.5 Å². The number of rotatable bonds is 7. The molecular weight excluding hydrogens is 455 g/mol. The van der Waals surface area contributed by atoms with Gasteiger partial charge in [0.15, 0.2) is 11.0 Å². The molecular formula is C19H17Cl3N4O2S. The van der Waals surface area contributed by atoms with Crippen molar-refractivity contribution in [2.75, 3.05) is 11.1 Å². The Kier molecular flexibility index (Phi) is 7.29. The number of amides is 1. The summed E-state index contributed by atoms with van der Waals surface area (Å²) in [6, 6.07) is 10.4. The summed E-state index contributed by atoms with van der Waals surface area (Å²) in [5.74, 6) is 1.08. The Labute approximate surface area is 187 Å². The van der Waals surface area contributed by atoms with Crippen LogP contribution < -0.4 is 10.1 Å². The van der Waals surface area contributed by atoms with E-state index in [2.05, 4.69) is 15.5 Å². The first-order valence-electron chi connectivity index (χ1n) is 8.49. The first-order chi connectivity index (χ1) is 13.8. The largest absolute Gasteiger partial charge is 0.484 e. The van der Waals surface area contributed by atoms with Crippen LogP contribution in [0.2, 0.25) is 15.1 Å². The van der Waals surface area contributed by atoms with Gasteiger partial charge in [0.25, 0.3) is 0 Å². The predicted octanol–water partition coefficient (Wildman–Crippen LogP) is 5.39. The molecule has 10 heteroatoms. The summed E-state index contributed by atoms with van der Waals surface area (Å²) in [6.45, 7) is 2.02. The number of nitrogens with one attached hydrogen (secondary N) is 1. The fraction of sp³-hybridized carbons (Fsp3) is 0.211. The fourth-order valence-corrected chi connectivity index (χ4v) is 3.62. The molecule has 6 nitrogen and oxygen atoms in total. The van der Waals surface area contributed by atoms with Crippen LogP contribution in [0.4, 0.5) is 5.69 Å². The lowest BCUT2D eigenvalue weighted by molar-refractivity contribution is -0.113. The van der Waals surface area contributed by atoms with Gasteiger partial charge in [-0.1, -0.05) is 52.6 Å². The summed E-state index contributed by atoms with van der Waals surface area (Å²) in [4.78, 5) is 12.3. The van der Waals surface area contributed by atoms with Crippen LogP contribution in [-0.2, 0) is 18.4 Å². The maximum absolute atomic E-state index is 12.3. The molecule has 2 aromatic carbocycles. The monoisotopic (exact) mass is 470 g/mol. The number of carbonyl (C=O) groups excluding carboxylic acids is 1. The van der Waals surface area contributed by atoms with Crippen molar-refractivity contribution in [2.24, 2.45) is 7.05 Å². The zero-order chi connectivity index (χ0) is 21.0. The van der Waals surface area contributed by atoms with E-state index in [1.54, 1.807) is 41.9 Å². The maximum atomic E-state index is 12.3. The van der Waals surface area contributed by atoms with Crippen LogP contribution in [-0.4, -0.2) is 26.4 Å². The second-order valence-corrected chi connectivity index (χ2v) is 8.26. The van der Waals surface area contributed by atoms with Gasteiger partial charge in [0.1, 0.15) is 12.4 Å². The number of ether oxygens (including phenoxy) is 1. The topological polar surface area (TPSA) is 69.0 Å². The summed E-state index contributed by atoms with van der Waals surface area (Å²) >= 11 is 19.4. The molecule has 1 aromatic heterocycles. The van der Waals surface area contributed by atoms with Crippen molar-refractivity contribution in [3.63, 3.8) is 0 Å². The van der Waals surface area contributed by atoms with Crippen LogP contribution in [0.1, 0.15) is 11.4 Å². The number of halogens is 3. The Morgan fingerprint density at radius 3 is 2.76 bits per heavy atom. The third-order valence-electron chi connectivity index (χ3n) is 4.05. The number of hydrogen-bond acceptors (Lipinski definition) is 5. The third-order valence-corrected chi connectivity index (χ3v) is 6.03. The molecule has 0 aliphatic carbocycles. The summed E-state index contributed by atoms with van der Waals surface area (Å²) < 4.78 is 7.45. The van der Waals surface area contributed by atoms with Crippen molar-refractivity contribution in [3.05, 3.63) is 62.9 Å². The van der Waals surface area contributed by atoms with Crippen LogP contribution in [0.3, 0.4) is 0 Å². The zero-order valence-electron chi connectivity index (χ0n) is 15.6. The minimum atomic E-state index is -0.160. The molecule has 0 aliphatic heterocycles. The first kappa shape index (κ1) is 21.8. The molecule has 1 heterocycles. The Hall–Kier alpha value is -1.93. The molecule has 0 aliphatic rings.